The highest BCUT2D eigenvalue weighted by Gasteiger charge is 2.52. The predicted molar refractivity (Wildman–Crippen MR) is 113 cm³/mol. The Morgan fingerprint density at radius 3 is 2.59 bits per heavy atom. The third-order valence-electron chi connectivity index (χ3n) is 8.38. The zero-order valence-corrected chi connectivity index (χ0v) is 18.3. The Hall–Kier alpha value is -0.600. The minimum Gasteiger partial charge on any atom is -0.393 e. The Kier molecular flexibility index (Phi) is 6.00. The highest BCUT2D eigenvalue weighted by Crippen LogP contribution is 2.60. The summed E-state index contributed by atoms with van der Waals surface area (Å²) in [5.41, 5.74) is 2.53. The van der Waals surface area contributed by atoms with Crippen LogP contribution in [0.2, 0.25) is 0 Å². The largest absolute Gasteiger partial charge is 0.393 e. The van der Waals surface area contributed by atoms with Crippen molar-refractivity contribution in [3.05, 3.63) is 23.8 Å². The Morgan fingerprint density at radius 1 is 1.22 bits per heavy atom. The van der Waals surface area contributed by atoms with E-state index in [9.17, 15) is 10.2 Å². The van der Waals surface area contributed by atoms with E-state index in [4.69, 9.17) is 0 Å². The van der Waals surface area contributed by atoms with Gasteiger partial charge in [0.15, 0.2) is 0 Å². The van der Waals surface area contributed by atoms with Crippen LogP contribution in [0.4, 0.5) is 0 Å². The van der Waals surface area contributed by atoms with Crippen molar-refractivity contribution in [3.63, 3.8) is 0 Å². The van der Waals surface area contributed by atoms with Gasteiger partial charge in [0.05, 0.1) is 11.7 Å². The van der Waals surface area contributed by atoms with Gasteiger partial charge in [-0.25, -0.2) is 0 Å². The van der Waals surface area contributed by atoms with Crippen molar-refractivity contribution in [1.29, 1.82) is 0 Å². The zero-order valence-electron chi connectivity index (χ0n) is 18.3. The van der Waals surface area contributed by atoms with Crippen LogP contribution in [0.15, 0.2) is 23.8 Å². The first-order valence-corrected chi connectivity index (χ1v) is 11.3. The average Bonchev–Trinajstić information content (AvgIpc) is 3.05. The molecule has 0 radical (unpaired) electrons. The molecule has 3 aliphatic carbocycles. The molecule has 0 aromatic heterocycles. The number of hydrogen-bond donors (Lipinski definition) is 2. The Balaban J connectivity index is 1.77. The number of allylic oxidation sites excluding steroid dienone is 2. The molecule has 0 amide bonds. The van der Waals surface area contributed by atoms with Crippen molar-refractivity contribution in [2.45, 2.75) is 97.7 Å². The Bertz CT molecular complexity index is 587. The second kappa shape index (κ2) is 7.67. The molecule has 0 aromatic carbocycles. The molecule has 2 fully saturated rings. The first kappa shape index (κ1) is 21.1. The molecule has 0 aromatic rings. The van der Waals surface area contributed by atoms with Crippen LogP contribution < -0.4 is 0 Å². The summed E-state index contributed by atoms with van der Waals surface area (Å²) < 4.78 is 0. The number of aliphatic hydroxyl groups is 2. The molecule has 3 rings (SSSR count). The van der Waals surface area contributed by atoms with E-state index in [-0.39, 0.29) is 6.10 Å². The molecule has 2 saturated carbocycles. The van der Waals surface area contributed by atoms with E-state index in [1.807, 2.05) is 0 Å². The fraction of sp³-hybridized carbons (Fsp3) is 0.840. The number of rotatable bonds is 5. The Labute approximate surface area is 167 Å². The van der Waals surface area contributed by atoms with Crippen molar-refractivity contribution in [2.75, 3.05) is 0 Å². The van der Waals surface area contributed by atoms with Crippen LogP contribution in [-0.2, 0) is 0 Å². The molecule has 0 spiro atoms. The summed E-state index contributed by atoms with van der Waals surface area (Å²) >= 11 is 0. The van der Waals surface area contributed by atoms with E-state index in [2.05, 4.69) is 47.3 Å². The third kappa shape index (κ3) is 4.22. The van der Waals surface area contributed by atoms with E-state index in [1.54, 1.807) is 0 Å². The van der Waals surface area contributed by atoms with Crippen molar-refractivity contribution >= 4 is 0 Å². The van der Waals surface area contributed by atoms with E-state index < -0.39 is 5.60 Å². The fourth-order valence-corrected chi connectivity index (χ4v) is 6.80. The molecule has 0 bridgehead atoms. The molecule has 0 heterocycles. The summed E-state index contributed by atoms with van der Waals surface area (Å²) in [6.07, 6.45) is 10.4. The maximum absolute atomic E-state index is 11.2. The van der Waals surface area contributed by atoms with Gasteiger partial charge in [-0.1, -0.05) is 44.6 Å². The van der Waals surface area contributed by atoms with Crippen LogP contribution in [0, 0.1) is 35.0 Å². The lowest BCUT2D eigenvalue weighted by Gasteiger charge is -2.46. The van der Waals surface area contributed by atoms with Crippen LogP contribution >= 0.6 is 0 Å². The molecule has 27 heavy (non-hydrogen) atoms. The highest BCUT2D eigenvalue weighted by atomic mass is 16.3. The normalized spacial score (nSPS) is 42.9. The van der Waals surface area contributed by atoms with Gasteiger partial charge in [-0.2, -0.15) is 0 Å². The minimum absolute atomic E-state index is 0.259. The number of fused-ring (bicyclic) bond motifs is 2. The predicted octanol–water partition coefficient (Wildman–Crippen LogP) is 5.89. The smallest absolute Gasteiger partial charge is 0.0656 e. The lowest BCUT2D eigenvalue weighted by atomic mass is 9.60. The van der Waals surface area contributed by atoms with E-state index in [0.29, 0.717) is 35.0 Å². The van der Waals surface area contributed by atoms with Gasteiger partial charge in [-0.3, -0.25) is 0 Å². The zero-order chi connectivity index (χ0) is 20.0. The molecule has 0 saturated heterocycles. The van der Waals surface area contributed by atoms with Crippen LogP contribution in [0.1, 0.15) is 86.0 Å². The van der Waals surface area contributed by atoms with E-state index >= 15 is 0 Å². The topological polar surface area (TPSA) is 40.5 Å². The molecule has 0 aliphatic heterocycles. The molecular weight excluding hydrogens is 332 g/mol. The van der Waals surface area contributed by atoms with Crippen molar-refractivity contribution in [1.82, 2.24) is 0 Å². The van der Waals surface area contributed by atoms with Gasteiger partial charge in [0.1, 0.15) is 0 Å². The summed E-state index contributed by atoms with van der Waals surface area (Å²) in [5, 5.41) is 21.7. The summed E-state index contributed by atoms with van der Waals surface area (Å²) in [4.78, 5) is 0. The lowest BCUT2D eigenvalue weighted by molar-refractivity contribution is -0.0549. The van der Waals surface area contributed by atoms with Gasteiger partial charge in [0, 0.05) is 0 Å². The lowest BCUT2D eigenvalue weighted by Crippen LogP contribution is -2.43. The van der Waals surface area contributed by atoms with Gasteiger partial charge in [-0.15, -0.1) is 0 Å². The molecule has 7 atom stereocenters. The van der Waals surface area contributed by atoms with Crippen molar-refractivity contribution < 1.29 is 10.2 Å². The van der Waals surface area contributed by atoms with Crippen LogP contribution in [0.25, 0.3) is 0 Å². The average molecular weight is 375 g/mol. The monoisotopic (exact) mass is 374 g/mol. The van der Waals surface area contributed by atoms with E-state index in [0.717, 1.165) is 32.1 Å². The van der Waals surface area contributed by atoms with Crippen molar-refractivity contribution in [2.24, 2.45) is 35.0 Å². The fourth-order valence-electron chi connectivity index (χ4n) is 6.80. The SMILES string of the molecule is C=C(C[C@@H](O)CC(C)C)[C@@H]1CC[C@]2(C)C[C@@H]3C(C)=CC[C@@H]3[C@](C)(O)CC[C@@H]12. The van der Waals surface area contributed by atoms with Crippen LogP contribution in [0.3, 0.4) is 0 Å². The molecule has 154 valence electrons. The highest BCUT2D eigenvalue weighted by molar-refractivity contribution is 5.20. The standard InChI is InChI=1S/C25H42O2/c1-16(2)13-19(26)14-18(4)20-9-11-24(5)15-21-17(3)7-8-23(21)25(6,27)12-10-22(20)24/h7,16,19-23,26-27H,4,8-15H2,1-3,5-6H3/t19-,20-,21+,22-,23-,24+,25+/m0/s1. The molecule has 2 heteroatoms. The molecular formula is C25H42O2. The molecule has 0 unspecified atom stereocenters. The first-order chi connectivity index (χ1) is 12.5. The first-order valence-electron chi connectivity index (χ1n) is 11.3. The second-order valence-corrected chi connectivity index (χ2v) is 11.0. The number of hydrogen-bond acceptors (Lipinski definition) is 2. The minimum atomic E-state index is -0.564. The summed E-state index contributed by atoms with van der Waals surface area (Å²) in [6, 6.07) is 0. The Morgan fingerprint density at radius 2 is 1.93 bits per heavy atom. The maximum Gasteiger partial charge on any atom is 0.0656 e. The second-order valence-electron chi connectivity index (χ2n) is 11.0. The molecule has 2 N–H and O–H groups in total. The van der Waals surface area contributed by atoms with Gasteiger partial charge in [-0.05, 0) is 100 Å². The van der Waals surface area contributed by atoms with Crippen molar-refractivity contribution in [3.8, 4) is 0 Å². The quantitative estimate of drug-likeness (QED) is 0.589. The van der Waals surface area contributed by atoms with Gasteiger partial charge >= 0.3 is 0 Å². The third-order valence-corrected chi connectivity index (χ3v) is 8.38. The van der Waals surface area contributed by atoms with Crippen LogP contribution in [-0.4, -0.2) is 21.9 Å². The van der Waals surface area contributed by atoms with Crippen LogP contribution in [0.5, 0.6) is 0 Å². The summed E-state index contributed by atoms with van der Waals surface area (Å²) in [7, 11) is 0. The van der Waals surface area contributed by atoms with Gasteiger partial charge in [0.2, 0.25) is 0 Å². The molecule has 3 aliphatic rings. The van der Waals surface area contributed by atoms with Gasteiger partial charge < -0.3 is 10.2 Å². The summed E-state index contributed by atoms with van der Waals surface area (Å²) in [6.45, 7) is 15.6. The molecule has 2 nitrogen and oxygen atoms in total. The van der Waals surface area contributed by atoms with Gasteiger partial charge in [0.25, 0.3) is 0 Å². The summed E-state index contributed by atoms with van der Waals surface area (Å²) in [5.74, 6) is 2.55. The maximum atomic E-state index is 11.2. The van der Waals surface area contributed by atoms with E-state index in [1.165, 1.54) is 30.4 Å². The number of aliphatic hydroxyl groups excluding tert-OH is 1.